The Morgan fingerprint density at radius 3 is 2.60 bits per heavy atom. The van der Waals surface area contributed by atoms with Crippen LogP contribution in [0.25, 0.3) is 0 Å². The molecule has 3 N–H and O–H groups in total. The maximum absolute atomic E-state index is 13.7. The second-order valence-corrected chi connectivity index (χ2v) is 4.88. The first-order chi connectivity index (χ1) is 9.51. The summed E-state index contributed by atoms with van der Waals surface area (Å²) in [6, 6.07) is 9.44. The number of benzene rings is 2. The molecule has 0 unspecified atom stereocenters. The normalized spacial score (nSPS) is 10.2. The summed E-state index contributed by atoms with van der Waals surface area (Å²) in [4.78, 5) is 0.256. The number of thiocarbonyl (C=S) groups is 1. The zero-order valence-corrected chi connectivity index (χ0v) is 12.2. The molecule has 0 spiro atoms. The monoisotopic (exact) mass is 310 g/mol. The molecular formula is C14H12ClFN2OS. The third-order valence-electron chi connectivity index (χ3n) is 2.70. The van der Waals surface area contributed by atoms with Crippen LogP contribution >= 0.6 is 23.8 Å². The average molecular weight is 311 g/mol. The number of hydrogen-bond donors (Lipinski definition) is 2. The number of nitrogens with one attached hydrogen (secondary N) is 1. The summed E-state index contributed by atoms with van der Waals surface area (Å²) in [6.07, 6.45) is 0. The molecule has 0 saturated carbocycles. The van der Waals surface area contributed by atoms with E-state index in [1.165, 1.54) is 19.2 Å². The van der Waals surface area contributed by atoms with Gasteiger partial charge in [-0.15, -0.1) is 0 Å². The highest BCUT2D eigenvalue weighted by molar-refractivity contribution is 7.80. The van der Waals surface area contributed by atoms with Crippen molar-refractivity contribution < 1.29 is 9.13 Å². The molecule has 0 amide bonds. The first-order valence-corrected chi connectivity index (χ1v) is 6.50. The lowest BCUT2D eigenvalue weighted by Crippen LogP contribution is -2.09. The van der Waals surface area contributed by atoms with E-state index < -0.39 is 5.82 Å². The highest BCUT2D eigenvalue weighted by Crippen LogP contribution is 2.29. The van der Waals surface area contributed by atoms with Crippen molar-refractivity contribution in [1.29, 1.82) is 0 Å². The van der Waals surface area contributed by atoms with Crippen molar-refractivity contribution in [2.75, 3.05) is 12.4 Å². The molecule has 0 radical (unpaired) electrons. The Morgan fingerprint density at radius 2 is 2.00 bits per heavy atom. The standard InChI is InChI=1S/C14H12ClFN2OS/c1-19-9-3-4-11(16)13(7-9)18-12-5-2-8(14(17)20)6-10(12)15/h2-7,18H,1H3,(H2,17,20). The first kappa shape index (κ1) is 14.6. The van der Waals surface area contributed by atoms with Gasteiger partial charge in [-0.3, -0.25) is 0 Å². The highest BCUT2D eigenvalue weighted by atomic mass is 35.5. The van der Waals surface area contributed by atoms with E-state index in [2.05, 4.69) is 5.32 Å². The van der Waals surface area contributed by atoms with E-state index in [1.54, 1.807) is 24.3 Å². The zero-order chi connectivity index (χ0) is 14.7. The predicted molar refractivity (Wildman–Crippen MR) is 83.6 cm³/mol. The molecule has 0 bridgehead atoms. The van der Waals surface area contributed by atoms with Crippen LogP contribution < -0.4 is 15.8 Å². The third kappa shape index (κ3) is 3.18. The van der Waals surface area contributed by atoms with Crippen LogP contribution in [0.15, 0.2) is 36.4 Å². The van der Waals surface area contributed by atoms with E-state index in [0.717, 1.165) is 0 Å². The topological polar surface area (TPSA) is 47.3 Å². The molecule has 0 atom stereocenters. The molecule has 3 nitrogen and oxygen atoms in total. The van der Waals surface area contributed by atoms with Crippen molar-refractivity contribution in [3.05, 3.63) is 52.8 Å². The van der Waals surface area contributed by atoms with Gasteiger partial charge in [0.15, 0.2) is 0 Å². The van der Waals surface area contributed by atoms with Gasteiger partial charge < -0.3 is 15.8 Å². The van der Waals surface area contributed by atoms with Gasteiger partial charge in [-0.25, -0.2) is 4.39 Å². The van der Waals surface area contributed by atoms with E-state index in [0.29, 0.717) is 22.0 Å². The van der Waals surface area contributed by atoms with Gasteiger partial charge in [0, 0.05) is 11.6 Å². The summed E-state index contributed by atoms with van der Waals surface area (Å²) in [7, 11) is 1.51. The van der Waals surface area contributed by atoms with E-state index >= 15 is 0 Å². The number of halogens is 2. The van der Waals surface area contributed by atoms with Crippen molar-refractivity contribution in [1.82, 2.24) is 0 Å². The van der Waals surface area contributed by atoms with Crippen LogP contribution in [0, 0.1) is 5.82 Å². The molecule has 2 aromatic rings. The summed E-state index contributed by atoms with van der Waals surface area (Å²) >= 11 is 11.0. The summed E-state index contributed by atoms with van der Waals surface area (Å²) in [6.45, 7) is 0. The van der Waals surface area contributed by atoms with Crippen LogP contribution in [-0.4, -0.2) is 12.1 Å². The fraction of sp³-hybridized carbons (Fsp3) is 0.0714. The molecule has 0 heterocycles. The SMILES string of the molecule is COc1ccc(F)c(Nc2ccc(C(N)=S)cc2Cl)c1. The molecule has 6 heteroatoms. The number of rotatable bonds is 4. The minimum Gasteiger partial charge on any atom is -0.497 e. The van der Waals surface area contributed by atoms with Crippen LogP contribution in [0.5, 0.6) is 5.75 Å². The summed E-state index contributed by atoms with van der Waals surface area (Å²) in [5, 5.41) is 3.31. The molecule has 104 valence electrons. The molecule has 0 aromatic heterocycles. The Kier molecular flexibility index (Phi) is 4.42. The molecule has 0 aliphatic rings. The molecule has 0 fully saturated rings. The Bertz CT molecular complexity index is 664. The fourth-order valence-corrected chi connectivity index (χ4v) is 2.00. The minimum atomic E-state index is -0.403. The average Bonchev–Trinajstić information content (AvgIpc) is 2.43. The van der Waals surface area contributed by atoms with Gasteiger partial charge in [0.05, 0.1) is 23.5 Å². The Morgan fingerprint density at radius 1 is 1.25 bits per heavy atom. The quantitative estimate of drug-likeness (QED) is 0.842. The smallest absolute Gasteiger partial charge is 0.146 e. The van der Waals surface area contributed by atoms with Crippen LogP contribution in [0.4, 0.5) is 15.8 Å². The highest BCUT2D eigenvalue weighted by Gasteiger charge is 2.08. The Labute approximate surface area is 126 Å². The molecular weight excluding hydrogens is 299 g/mol. The van der Waals surface area contributed by atoms with Gasteiger partial charge in [0.25, 0.3) is 0 Å². The van der Waals surface area contributed by atoms with Crippen LogP contribution in [0.3, 0.4) is 0 Å². The maximum atomic E-state index is 13.7. The van der Waals surface area contributed by atoms with Gasteiger partial charge >= 0.3 is 0 Å². The van der Waals surface area contributed by atoms with Crippen molar-refractivity contribution in [3.8, 4) is 5.75 Å². The van der Waals surface area contributed by atoms with E-state index in [9.17, 15) is 4.39 Å². The lowest BCUT2D eigenvalue weighted by atomic mass is 10.2. The molecule has 2 rings (SSSR count). The van der Waals surface area contributed by atoms with Crippen LogP contribution in [0.2, 0.25) is 5.02 Å². The number of hydrogen-bond acceptors (Lipinski definition) is 3. The lowest BCUT2D eigenvalue weighted by Gasteiger charge is -2.11. The number of methoxy groups -OCH3 is 1. The largest absolute Gasteiger partial charge is 0.497 e. The number of nitrogens with two attached hydrogens (primary N) is 1. The molecule has 0 aliphatic heterocycles. The molecule has 20 heavy (non-hydrogen) atoms. The molecule has 0 saturated heterocycles. The van der Waals surface area contributed by atoms with Crippen LogP contribution in [0.1, 0.15) is 5.56 Å². The molecule has 0 aliphatic carbocycles. The predicted octanol–water partition coefficient (Wildman–Crippen LogP) is 3.87. The van der Waals surface area contributed by atoms with Gasteiger partial charge in [0.2, 0.25) is 0 Å². The number of anilines is 2. The van der Waals surface area contributed by atoms with Gasteiger partial charge in [-0.05, 0) is 30.3 Å². The fourth-order valence-electron chi connectivity index (χ4n) is 1.64. The summed E-state index contributed by atoms with van der Waals surface area (Å²) in [5.74, 6) is 0.144. The van der Waals surface area contributed by atoms with Gasteiger partial charge in [-0.1, -0.05) is 23.8 Å². The summed E-state index contributed by atoms with van der Waals surface area (Å²) < 4.78 is 18.8. The van der Waals surface area contributed by atoms with Crippen molar-refractivity contribution in [3.63, 3.8) is 0 Å². The first-order valence-electron chi connectivity index (χ1n) is 5.71. The van der Waals surface area contributed by atoms with E-state index in [4.69, 9.17) is 34.3 Å². The third-order valence-corrected chi connectivity index (χ3v) is 3.24. The second kappa shape index (κ2) is 6.07. The Balaban J connectivity index is 2.32. The number of ether oxygens (including phenoxy) is 1. The van der Waals surface area contributed by atoms with Crippen molar-refractivity contribution >= 4 is 40.2 Å². The van der Waals surface area contributed by atoms with E-state index in [-0.39, 0.29) is 10.7 Å². The van der Waals surface area contributed by atoms with Gasteiger partial charge in [0.1, 0.15) is 16.6 Å². The maximum Gasteiger partial charge on any atom is 0.146 e. The van der Waals surface area contributed by atoms with Crippen molar-refractivity contribution in [2.24, 2.45) is 5.73 Å². The van der Waals surface area contributed by atoms with Gasteiger partial charge in [-0.2, -0.15) is 0 Å². The second-order valence-electron chi connectivity index (χ2n) is 4.03. The van der Waals surface area contributed by atoms with E-state index in [1.807, 2.05) is 0 Å². The van der Waals surface area contributed by atoms with Crippen molar-refractivity contribution in [2.45, 2.75) is 0 Å². The van der Waals surface area contributed by atoms with Crippen LogP contribution in [-0.2, 0) is 0 Å². The summed E-state index contributed by atoms with van der Waals surface area (Å²) in [5.41, 5.74) is 7.00. The lowest BCUT2D eigenvalue weighted by molar-refractivity contribution is 0.414. The molecule has 2 aromatic carbocycles. The minimum absolute atomic E-state index is 0.256. The Hall–Kier alpha value is -1.85. The zero-order valence-electron chi connectivity index (χ0n) is 10.6.